The lowest BCUT2D eigenvalue weighted by molar-refractivity contribution is 0.0471. The maximum Gasteiger partial charge on any atom is 0.338 e. The first-order valence-electron chi connectivity index (χ1n) is 9.02. The monoisotopic (exact) mass is 346 g/mol. The minimum Gasteiger partial charge on any atom is -0.457 e. The van der Waals surface area contributed by atoms with Gasteiger partial charge in [0.05, 0.1) is 5.56 Å². The first kappa shape index (κ1) is 18.2. The van der Waals surface area contributed by atoms with E-state index in [4.69, 9.17) is 4.74 Å². The average Bonchev–Trinajstić information content (AvgIpc) is 2.59. The highest BCUT2D eigenvalue weighted by Gasteiger charge is 2.17. The number of benzene rings is 3. The van der Waals surface area contributed by atoms with E-state index in [1.165, 1.54) is 16.7 Å². The molecular weight excluding hydrogens is 320 g/mol. The Bertz CT molecular complexity index is 938. The molecule has 26 heavy (non-hydrogen) atoms. The van der Waals surface area contributed by atoms with Crippen LogP contribution in [0.2, 0.25) is 0 Å². The van der Waals surface area contributed by atoms with E-state index < -0.39 is 0 Å². The highest BCUT2D eigenvalue weighted by molar-refractivity contribution is 5.95. The normalized spacial score (nSPS) is 11.6. The lowest BCUT2D eigenvalue weighted by Gasteiger charge is -2.22. The number of aryl methyl sites for hydroxylation is 2. The molecule has 0 bridgehead atoms. The van der Waals surface area contributed by atoms with Crippen LogP contribution in [0.4, 0.5) is 0 Å². The Kier molecular flexibility index (Phi) is 4.86. The maximum absolute atomic E-state index is 12.5. The topological polar surface area (TPSA) is 26.3 Å². The largest absolute Gasteiger partial charge is 0.457 e. The van der Waals surface area contributed by atoms with Crippen LogP contribution in [0.3, 0.4) is 0 Å². The molecular formula is C24H26O2. The average molecular weight is 346 g/mol. The molecule has 0 heterocycles. The number of hydrogen-bond donors (Lipinski definition) is 0. The van der Waals surface area contributed by atoms with Gasteiger partial charge in [0.25, 0.3) is 0 Å². The number of hydrogen-bond acceptors (Lipinski definition) is 2. The summed E-state index contributed by atoms with van der Waals surface area (Å²) in [5.41, 5.74) is 5.42. The van der Waals surface area contributed by atoms with Crippen molar-refractivity contribution in [3.05, 3.63) is 82.4 Å². The Morgan fingerprint density at radius 3 is 2.12 bits per heavy atom. The van der Waals surface area contributed by atoms with Gasteiger partial charge in [-0.1, -0.05) is 63.2 Å². The molecule has 0 aliphatic heterocycles. The van der Waals surface area contributed by atoms with E-state index in [2.05, 4.69) is 46.8 Å². The van der Waals surface area contributed by atoms with E-state index in [0.717, 1.165) is 16.3 Å². The summed E-state index contributed by atoms with van der Waals surface area (Å²) in [6.45, 7) is 11.1. The van der Waals surface area contributed by atoms with E-state index in [0.29, 0.717) is 12.2 Å². The molecule has 0 saturated heterocycles. The zero-order valence-corrected chi connectivity index (χ0v) is 16.2. The Balaban J connectivity index is 1.78. The first-order chi connectivity index (χ1) is 12.3. The van der Waals surface area contributed by atoms with E-state index in [1.807, 2.05) is 42.5 Å². The van der Waals surface area contributed by atoms with Crippen molar-refractivity contribution in [2.24, 2.45) is 0 Å². The molecule has 0 saturated carbocycles. The van der Waals surface area contributed by atoms with Gasteiger partial charge >= 0.3 is 5.97 Å². The summed E-state index contributed by atoms with van der Waals surface area (Å²) in [4.78, 5) is 12.5. The van der Waals surface area contributed by atoms with E-state index in [1.54, 1.807) is 0 Å². The molecule has 0 amide bonds. The van der Waals surface area contributed by atoms with Crippen LogP contribution in [0.25, 0.3) is 10.8 Å². The van der Waals surface area contributed by atoms with Gasteiger partial charge in [0.1, 0.15) is 6.61 Å². The fraction of sp³-hybridized carbons (Fsp3) is 0.292. The quantitative estimate of drug-likeness (QED) is 0.535. The third kappa shape index (κ3) is 3.80. The lowest BCUT2D eigenvalue weighted by atomic mass is 9.84. The molecule has 0 aromatic heterocycles. The Morgan fingerprint density at radius 1 is 0.885 bits per heavy atom. The van der Waals surface area contributed by atoms with Crippen LogP contribution in [-0.2, 0) is 16.8 Å². The molecule has 0 unspecified atom stereocenters. The second kappa shape index (κ2) is 6.95. The zero-order chi connectivity index (χ0) is 18.9. The molecule has 2 nitrogen and oxygen atoms in total. The van der Waals surface area contributed by atoms with Crippen molar-refractivity contribution in [3.8, 4) is 0 Å². The van der Waals surface area contributed by atoms with Gasteiger partial charge in [-0.05, 0) is 64.4 Å². The fourth-order valence-electron chi connectivity index (χ4n) is 3.19. The summed E-state index contributed by atoms with van der Waals surface area (Å²) < 4.78 is 5.61. The van der Waals surface area contributed by atoms with Crippen molar-refractivity contribution in [2.75, 3.05) is 0 Å². The second-order valence-electron chi connectivity index (χ2n) is 7.98. The van der Waals surface area contributed by atoms with Gasteiger partial charge in [-0.15, -0.1) is 0 Å². The molecule has 3 rings (SSSR count). The number of carbonyl (C=O) groups excluding carboxylic acids is 1. The Morgan fingerprint density at radius 2 is 1.50 bits per heavy atom. The molecule has 0 atom stereocenters. The minimum atomic E-state index is -0.283. The summed E-state index contributed by atoms with van der Waals surface area (Å²) in [6, 6.07) is 18.1. The standard InChI is InChI=1S/C24H26O2/c1-16-12-21(24(3,4)5)13-17(2)22(16)15-26-23(25)20-11-10-18-8-6-7-9-19(18)14-20/h6-14H,15H2,1-5H3. The Labute approximate surface area is 155 Å². The molecule has 3 aromatic rings. The van der Waals surface area contributed by atoms with Crippen LogP contribution in [0, 0.1) is 13.8 Å². The van der Waals surface area contributed by atoms with Crippen molar-refractivity contribution in [1.29, 1.82) is 0 Å². The molecule has 0 spiro atoms. The van der Waals surface area contributed by atoms with E-state index >= 15 is 0 Å². The van der Waals surface area contributed by atoms with E-state index in [-0.39, 0.29) is 11.4 Å². The summed E-state index contributed by atoms with van der Waals surface area (Å²) >= 11 is 0. The molecule has 3 aromatic carbocycles. The highest BCUT2D eigenvalue weighted by atomic mass is 16.5. The fourth-order valence-corrected chi connectivity index (χ4v) is 3.19. The van der Waals surface area contributed by atoms with Gasteiger partial charge in [0.2, 0.25) is 0 Å². The molecule has 0 N–H and O–H groups in total. The molecule has 0 aliphatic carbocycles. The van der Waals surface area contributed by atoms with Crippen molar-refractivity contribution in [1.82, 2.24) is 0 Å². The third-order valence-corrected chi connectivity index (χ3v) is 4.89. The van der Waals surface area contributed by atoms with Crippen molar-refractivity contribution in [3.63, 3.8) is 0 Å². The number of fused-ring (bicyclic) bond motifs is 1. The summed E-state index contributed by atoms with van der Waals surface area (Å²) in [5, 5.41) is 2.16. The lowest BCUT2D eigenvalue weighted by Crippen LogP contribution is -2.13. The zero-order valence-electron chi connectivity index (χ0n) is 16.2. The van der Waals surface area contributed by atoms with Gasteiger partial charge in [-0.25, -0.2) is 4.79 Å². The van der Waals surface area contributed by atoms with Gasteiger partial charge in [-0.2, -0.15) is 0 Å². The summed E-state index contributed by atoms with van der Waals surface area (Å²) in [7, 11) is 0. The highest BCUT2D eigenvalue weighted by Crippen LogP contribution is 2.27. The van der Waals surface area contributed by atoms with Gasteiger partial charge in [0, 0.05) is 0 Å². The predicted octanol–water partition coefficient (Wildman–Crippen LogP) is 6.11. The molecule has 134 valence electrons. The van der Waals surface area contributed by atoms with Gasteiger partial charge in [0.15, 0.2) is 0 Å². The minimum absolute atomic E-state index is 0.107. The van der Waals surface area contributed by atoms with Crippen molar-refractivity contribution >= 4 is 16.7 Å². The third-order valence-electron chi connectivity index (χ3n) is 4.89. The number of rotatable bonds is 3. The summed E-state index contributed by atoms with van der Waals surface area (Å²) in [5.74, 6) is -0.283. The van der Waals surface area contributed by atoms with Crippen LogP contribution < -0.4 is 0 Å². The predicted molar refractivity (Wildman–Crippen MR) is 108 cm³/mol. The van der Waals surface area contributed by atoms with Crippen LogP contribution in [-0.4, -0.2) is 5.97 Å². The number of ether oxygens (including phenoxy) is 1. The van der Waals surface area contributed by atoms with Crippen molar-refractivity contribution in [2.45, 2.75) is 46.6 Å². The Hall–Kier alpha value is -2.61. The van der Waals surface area contributed by atoms with Crippen LogP contribution in [0.1, 0.15) is 53.4 Å². The first-order valence-corrected chi connectivity index (χ1v) is 9.02. The molecule has 0 aliphatic rings. The molecule has 0 fully saturated rings. The maximum atomic E-state index is 12.5. The molecule has 2 heteroatoms. The molecule has 0 radical (unpaired) electrons. The number of esters is 1. The van der Waals surface area contributed by atoms with Crippen molar-refractivity contribution < 1.29 is 9.53 Å². The van der Waals surface area contributed by atoms with Gasteiger partial charge < -0.3 is 4.74 Å². The smallest absolute Gasteiger partial charge is 0.338 e. The van der Waals surface area contributed by atoms with E-state index in [9.17, 15) is 4.79 Å². The number of carbonyl (C=O) groups is 1. The van der Waals surface area contributed by atoms with Crippen LogP contribution in [0.15, 0.2) is 54.6 Å². The van der Waals surface area contributed by atoms with Crippen LogP contribution in [0.5, 0.6) is 0 Å². The van der Waals surface area contributed by atoms with Crippen LogP contribution >= 0.6 is 0 Å². The summed E-state index contributed by atoms with van der Waals surface area (Å²) in [6.07, 6.45) is 0. The second-order valence-corrected chi connectivity index (χ2v) is 7.98. The van der Waals surface area contributed by atoms with Gasteiger partial charge in [-0.3, -0.25) is 0 Å². The SMILES string of the molecule is Cc1cc(C(C)(C)C)cc(C)c1COC(=O)c1ccc2ccccc2c1.